The molecule has 1 heterocycles. The van der Waals surface area contributed by atoms with E-state index in [1.165, 1.54) is 0 Å². The van der Waals surface area contributed by atoms with Crippen molar-refractivity contribution in [3.63, 3.8) is 0 Å². The third-order valence-electron chi connectivity index (χ3n) is 4.07. The van der Waals surface area contributed by atoms with Gasteiger partial charge in [0.2, 0.25) is 0 Å². The molecule has 1 aromatic heterocycles. The number of aryl methyl sites for hydroxylation is 1. The van der Waals surface area contributed by atoms with E-state index in [0.29, 0.717) is 23.6 Å². The molecule has 0 saturated carbocycles. The quantitative estimate of drug-likeness (QED) is 0.448. The third kappa shape index (κ3) is 7.08. The Kier molecular flexibility index (Phi) is 8.61. The van der Waals surface area contributed by atoms with Crippen LogP contribution in [0.2, 0.25) is 0 Å². The Balaban J connectivity index is 1.69. The van der Waals surface area contributed by atoms with Gasteiger partial charge < -0.3 is 19.4 Å². The van der Waals surface area contributed by atoms with Gasteiger partial charge in [-0.15, -0.1) is 0 Å². The molecule has 0 spiro atoms. The highest BCUT2D eigenvalue weighted by atomic mass is 16.5. The predicted molar refractivity (Wildman–Crippen MR) is 108 cm³/mol. The molecule has 0 bridgehead atoms. The van der Waals surface area contributed by atoms with E-state index in [0.717, 1.165) is 12.8 Å². The van der Waals surface area contributed by atoms with Crippen molar-refractivity contribution < 1.29 is 28.7 Å². The van der Waals surface area contributed by atoms with Gasteiger partial charge >= 0.3 is 5.97 Å². The third-order valence-corrected chi connectivity index (χ3v) is 4.07. The number of hydrogen-bond donors (Lipinski definition) is 2. The first kappa shape index (κ1) is 22.7. The van der Waals surface area contributed by atoms with Crippen molar-refractivity contribution in [3.05, 3.63) is 53.9 Å². The molecule has 0 fully saturated rings. The first-order valence-electron chi connectivity index (χ1n) is 9.53. The van der Waals surface area contributed by atoms with Crippen LogP contribution in [-0.2, 0) is 21.4 Å². The van der Waals surface area contributed by atoms with E-state index in [4.69, 9.17) is 9.47 Å². The first-order valence-corrected chi connectivity index (χ1v) is 9.53. The standard InChI is InChI=1S/C21H25N3O6/c1-3-4-12-29-16-9-7-15(8-10-16)20(27)22-13-19(26)30-14-18(25)23-21(28)17-6-5-11-24(17)2/h5-11H,3-4,12-14H2,1-2H3,(H,22,27)(H,23,25,28). The Bertz CT molecular complexity index is 888. The molecule has 2 aromatic rings. The molecular weight excluding hydrogens is 390 g/mol. The maximum Gasteiger partial charge on any atom is 0.325 e. The topological polar surface area (TPSA) is 116 Å². The molecule has 0 atom stereocenters. The molecule has 0 saturated heterocycles. The van der Waals surface area contributed by atoms with Crippen LogP contribution in [0.25, 0.3) is 0 Å². The minimum Gasteiger partial charge on any atom is -0.494 e. The van der Waals surface area contributed by atoms with E-state index in [-0.39, 0.29) is 0 Å². The lowest BCUT2D eigenvalue weighted by molar-refractivity contribution is -0.147. The maximum absolute atomic E-state index is 12.1. The van der Waals surface area contributed by atoms with Gasteiger partial charge in [-0.05, 0) is 42.8 Å². The summed E-state index contributed by atoms with van der Waals surface area (Å²) in [7, 11) is 1.66. The molecule has 160 valence electrons. The number of hydrogen-bond acceptors (Lipinski definition) is 6. The van der Waals surface area contributed by atoms with Crippen LogP contribution in [0.1, 0.15) is 40.6 Å². The Morgan fingerprint density at radius 1 is 1.03 bits per heavy atom. The highest BCUT2D eigenvalue weighted by molar-refractivity contribution is 6.04. The van der Waals surface area contributed by atoms with Gasteiger partial charge in [0.25, 0.3) is 17.7 Å². The van der Waals surface area contributed by atoms with Crippen molar-refractivity contribution >= 4 is 23.7 Å². The maximum atomic E-state index is 12.1. The Morgan fingerprint density at radius 3 is 2.40 bits per heavy atom. The van der Waals surface area contributed by atoms with Crippen molar-refractivity contribution in [2.75, 3.05) is 19.8 Å². The van der Waals surface area contributed by atoms with Gasteiger partial charge in [0.05, 0.1) is 6.61 Å². The molecule has 30 heavy (non-hydrogen) atoms. The molecule has 3 amide bonds. The van der Waals surface area contributed by atoms with Crippen molar-refractivity contribution in [3.8, 4) is 5.75 Å². The highest BCUT2D eigenvalue weighted by Crippen LogP contribution is 2.12. The summed E-state index contributed by atoms with van der Waals surface area (Å²) in [6.45, 7) is 1.64. The summed E-state index contributed by atoms with van der Waals surface area (Å²) in [5, 5.41) is 4.53. The van der Waals surface area contributed by atoms with Gasteiger partial charge in [0.15, 0.2) is 6.61 Å². The van der Waals surface area contributed by atoms with Crippen molar-refractivity contribution in [1.29, 1.82) is 0 Å². The lowest BCUT2D eigenvalue weighted by atomic mass is 10.2. The van der Waals surface area contributed by atoms with Crippen LogP contribution in [0.15, 0.2) is 42.6 Å². The largest absolute Gasteiger partial charge is 0.494 e. The van der Waals surface area contributed by atoms with Gasteiger partial charge in [0, 0.05) is 18.8 Å². The predicted octanol–water partition coefficient (Wildman–Crippen LogP) is 1.43. The number of imide groups is 1. The number of aromatic nitrogens is 1. The average molecular weight is 415 g/mol. The summed E-state index contributed by atoms with van der Waals surface area (Å²) < 4.78 is 11.8. The van der Waals surface area contributed by atoms with Crippen molar-refractivity contribution in [1.82, 2.24) is 15.2 Å². The van der Waals surface area contributed by atoms with Crippen molar-refractivity contribution in [2.45, 2.75) is 19.8 Å². The van der Waals surface area contributed by atoms with E-state index in [2.05, 4.69) is 17.6 Å². The number of carbonyl (C=O) groups is 4. The number of nitrogens with zero attached hydrogens (tertiary/aromatic N) is 1. The van der Waals surface area contributed by atoms with E-state index in [9.17, 15) is 19.2 Å². The molecule has 0 aliphatic heterocycles. The minimum absolute atomic E-state index is 0.295. The SMILES string of the molecule is CCCCOc1ccc(C(=O)NCC(=O)OCC(=O)NC(=O)c2cccn2C)cc1. The molecule has 9 heteroatoms. The summed E-state index contributed by atoms with van der Waals surface area (Å²) in [5.41, 5.74) is 0.653. The number of rotatable bonds is 10. The Labute approximate surface area is 174 Å². The normalized spacial score (nSPS) is 10.2. The van der Waals surface area contributed by atoms with E-state index in [1.54, 1.807) is 54.2 Å². The van der Waals surface area contributed by atoms with Gasteiger partial charge in [-0.25, -0.2) is 0 Å². The fraction of sp³-hybridized carbons (Fsp3) is 0.333. The van der Waals surface area contributed by atoms with Gasteiger partial charge in [0.1, 0.15) is 18.0 Å². The van der Waals surface area contributed by atoms with E-state index < -0.39 is 36.8 Å². The molecule has 0 unspecified atom stereocenters. The van der Waals surface area contributed by atoms with Crippen LogP contribution in [0.5, 0.6) is 5.75 Å². The van der Waals surface area contributed by atoms with Crippen molar-refractivity contribution in [2.24, 2.45) is 7.05 Å². The zero-order chi connectivity index (χ0) is 21.9. The number of esters is 1. The number of carbonyl (C=O) groups excluding carboxylic acids is 4. The summed E-state index contributed by atoms with van der Waals surface area (Å²) in [5.74, 6) is -1.96. The number of benzene rings is 1. The fourth-order valence-corrected chi connectivity index (χ4v) is 2.41. The Hall–Kier alpha value is -3.62. The number of nitrogens with one attached hydrogen (secondary N) is 2. The zero-order valence-corrected chi connectivity index (χ0v) is 17.0. The fourth-order valence-electron chi connectivity index (χ4n) is 2.41. The summed E-state index contributed by atoms with van der Waals surface area (Å²) in [4.78, 5) is 47.4. The molecule has 1 aromatic carbocycles. The number of ether oxygens (including phenoxy) is 2. The van der Waals surface area contributed by atoms with E-state index >= 15 is 0 Å². The molecule has 0 radical (unpaired) electrons. The summed E-state index contributed by atoms with van der Waals surface area (Å²) >= 11 is 0. The molecule has 0 aliphatic rings. The first-order chi connectivity index (χ1) is 14.4. The summed E-state index contributed by atoms with van der Waals surface area (Å²) in [6, 6.07) is 9.74. The molecule has 2 N–H and O–H groups in total. The Morgan fingerprint density at radius 2 is 1.77 bits per heavy atom. The molecule has 2 rings (SSSR count). The highest BCUT2D eigenvalue weighted by Gasteiger charge is 2.15. The van der Waals surface area contributed by atoms with Crippen LogP contribution in [-0.4, -0.2) is 48.0 Å². The average Bonchev–Trinajstić information content (AvgIpc) is 3.17. The molecular formula is C21H25N3O6. The van der Waals surface area contributed by atoms with Crippen LogP contribution in [0, 0.1) is 0 Å². The second kappa shape index (κ2) is 11.4. The molecule has 0 aliphatic carbocycles. The minimum atomic E-state index is -0.802. The van der Waals surface area contributed by atoms with E-state index in [1.807, 2.05) is 0 Å². The monoisotopic (exact) mass is 415 g/mol. The second-order valence-corrected chi connectivity index (χ2v) is 6.45. The van der Waals surface area contributed by atoms with Gasteiger partial charge in [-0.2, -0.15) is 0 Å². The smallest absolute Gasteiger partial charge is 0.325 e. The summed E-state index contributed by atoms with van der Waals surface area (Å²) in [6.07, 6.45) is 3.64. The van der Waals surface area contributed by atoms with Crippen LogP contribution < -0.4 is 15.4 Å². The van der Waals surface area contributed by atoms with Gasteiger partial charge in [-0.3, -0.25) is 24.5 Å². The zero-order valence-electron chi connectivity index (χ0n) is 17.0. The second-order valence-electron chi connectivity index (χ2n) is 6.45. The number of amides is 3. The number of unbranched alkanes of at least 4 members (excludes halogenated alkanes) is 1. The van der Waals surface area contributed by atoms with Crippen LogP contribution in [0.3, 0.4) is 0 Å². The van der Waals surface area contributed by atoms with Crippen LogP contribution >= 0.6 is 0 Å². The van der Waals surface area contributed by atoms with Gasteiger partial charge in [-0.1, -0.05) is 13.3 Å². The lowest BCUT2D eigenvalue weighted by Gasteiger charge is -2.08. The van der Waals surface area contributed by atoms with Crippen LogP contribution in [0.4, 0.5) is 0 Å². The lowest BCUT2D eigenvalue weighted by Crippen LogP contribution is -2.37. The molecule has 9 nitrogen and oxygen atoms in total.